The molecule has 0 N–H and O–H groups in total. The molecule has 1 aromatic carbocycles. The number of halogens is 1. The van der Waals surface area contributed by atoms with Crippen LogP contribution in [0.5, 0.6) is 0 Å². The highest BCUT2D eigenvalue weighted by atomic mass is 35.5. The molecule has 0 saturated carbocycles. The van der Waals surface area contributed by atoms with Crippen LogP contribution in [0, 0.1) is 6.92 Å². The number of aromatic nitrogens is 6. The monoisotopic (exact) mass is 366 g/mol. The van der Waals surface area contributed by atoms with Crippen LogP contribution in [0.3, 0.4) is 0 Å². The lowest BCUT2D eigenvalue weighted by atomic mass is 10.2. The summed E-state index contributed by atoms with van der Waals surface area (Å²) in [5.41, 5.74) is 3.53. The second-order valence-corrected chi connectivity index (χ2v) is 6.94. The molecule has 4 heterocycles. The van der Waals surface area contributed by atoms with E-state index in [-0.39, 0.29) is 0 Å². The number of aryl methyl sites for hydroxylation is 1. The van der Waals surface area contributed by atoms with E-state index in [9.17, 15) is 0 Å². The van der Waals surface area contributed by atoms with Crippen molar-refractivity contribution in [3.8, 4) is 22.1 Å². The first-order valence-corrected chi connectivity index (χ1v) is 8.83. The number of rotatable bonds is 2. The van der Waals surface area contributed by atoms with E-state index < -0.39 is 0 Å². The number of benzene rings is 1. The molecule has 4 aromatic heterocycles. The van der Waals surface area contributed by atoms with Crippen LogP contribution in [-0.4, -0.2) is 29.2 Å². The minimum Gasteiger partial charge on any atom is -0.297 e. The molecular weight excluding hydrogens is 356 g/mol. The third kappa shape index (κ3) is 2.16. The van der Waals surface area contributed by atoms with Gasteiger partial charge in [0.2, 0.25) is 10.8 Å². The van der Waals surface area contributed by atoms with Crippen LogP contribution in [0.2, 0.25) is 5.02 Å². The SMILES string of the molecule is Cc1nc2ccccn2c1-c1nnc2sc(-c3ccccc3Cl)nn12. The van der Waals surface area contributed by atoms with Crippen molar-refractivity contribution in [2.75, 3.05) is 0 Å². The lowest BCUT2D eigenvalue weighted by Crippen LogP contribution is -1.96. The summed E-state index contributed by atoms with van der Waals surface area (Å²) in [6.45, 7) is 1.96. The number of nitrogens with zero attached hydrogens (tertiary/aromatic N) is 6. The largest absolute Gasteiger partial charge is 0.297 e. The van der Waals surface area contributed by atoms with E-state index in [1.165, 1.54) is 11.3 Å². The Kier molecular flexibility index (Phi) is 3.13. The van der Waals surface area contributed by atoms with Crippen molar-refractivity contribution in [3.63, 3.8) is 0 Å². The van der Waals surface area contributed by atoms with Crippen LogP contribution in [0.1, 0.15) is 5.69 Å². The quantitative estimate of drug-likeness (QED) is 0.471. The second kappa shape index (κ2) is 5.37. The van der Waals surface area contributed by atoms with Gasteiger partial charge in [0.05, 0.1) is 10.7 Å². The molecule has 0 fully saturated rings. The summed E-state index contributed by atoms with van der Waals surface area (Å²) in [4.78, 5) is 5.31. The number of hydrogen-bond acceptors (Lipinski definition) is 5. The Morgan fingerprint density at radius 1 is 1.04 bits per heavy atom. The zero-order chi connectivity index (χ0) is 17.0. The Bertz CT molecular complexity index is 1230. The van der Waals surface area contributed by atoms with E-state index in [1.807, 2.05) is 60.0 Å². The van der Waals surface area contributed by atoms with Crippen LogP contribution in [0.25, 0.3) is 32.7 Å². The van der Waals surface area contributed by atoms with Crippen molar-refractivity contribution in [2.24, 2.45) is 0 Å². The number of fused-ring (bicyclic) bond motifs is 2. The van der Waals surface area contributed by atoms with Gasteiger partial charge in [-0.3, -0.25) is 4.40 Å². The van der Waals surface area contributed by atoms with Gasteiger partial charge in [-0.05, 0) is 25.1 Å². The number of hydrogen-bond donors (Lipinski definition) is 0. The molecule has 0 saturated heterocycles. The first-order chi connectivity index (χ1) is 12.2. The zero-order valence-electron chi connectivity index (χ0n) is 13.1. The first kappa shape index (κ1) is 14.6. The Balaban J connectivity index is 1.75. The van der Waals surface area contributed by atoms with Crippen molar-refractivity contribution in [1.29, 1.82) is 0 Å². The summed E-state index contributed by atoms with van der Waals surface area (Å²) in [5, 5.41) is 14.8. The Morgan fingerprint density at radius 3 is 2.76 bits per heavy atom. The number of pyridine rings is 1. The van der Waals surface area contributed by atoms with Crippen molar-refractivity contribution in [2.45, 2.75) is 6.92 Å². The first-order valence-electron chi connectivity index (χ1n) is 7.63. The van der Waals surface area contributed by atoms with Crippen molar-refractivity contribution in [3.05, 3.63) is 59.4 Å². The van der Waals surface area contributed by atoms with Gasteiger partial charge in [0.1, 0.15) is 16.3 Å². The van der Waals surface area contributed by atoms with Gasteiger partial charge in [-0.2, -0.15) is 9.61 Å². The van der Waals surface area contributed by atoms with Gasteiger partial charge in [-0.15, -0.1) is 10.2 Å². The molecule has 0 aliphatic rings. The van der Waals surface area contributed by atoms with Crippen LogP contribution in [0.4, 0.5) is 0 Å². The van der Waals surface area contributed by atoms with Gasteiger partial charge in [0.25, 0.3) is 0 Å². The lowest BCUT2D eigenvalue weighted by Gasteiger charge is -2.00. The molecule has 0 amide bonds. The fraction of sp³-hybridized carbons (Fsp3) is 0.0588. The van der Waals surface area contributed by atoms with Crippen LogP contribution in [-0.2, 0) is 0 Å². The second-order valence-electron chi connectivity index (χ2n) is 5.58. The maximum atomic E-state index is 6.30. The molecule has 122 valence electrons. The van der Waals surface area contributed by atoms with Crippen LogP contribution >= 0.6 is 22.9 Å². The van der Waals surface area contributed by atoms with Gasteiger partial charge < -0.3 is 0 Å². The van der Waals surface area contributed by atoms with Gasteiger partial charge in [0.15, 0.2) is 0 Å². The summed E-state index contributed by atoms with van der Waals surface area (Å²) < 4.78 is 3.76. The zero-order valence-corrected chi connectivity index (χ0v) is 14.7. The fourth-order valence-corrected chi connectivity index (χ4v) is 4.05. The molecular formula is C17H11ClN6S. The molecule has 8 heteroatoms. The van der Waals surface area contributed by atoms with Crippen molar-refractivity contribution in [1.82, 2.24) is 29.2 Å². The van der Waals surface area contributed by atoms with E-state index >= 15 is 0 Å². The van der Waals surface area contributed by atoms with E-state index in [2.05, 4.69) is 15.2 Å². The van der Waals surface area contributed by atoms with Gasteiger partial charge in [0, 0.05) is 11.8 Å². The van der Waals surface area contributed by atoms with Crippen molar-refractivity contribution < 1.29 is 0 Å². The molecule has 0 aliphatic carbocycles. The third-order valence-electron chi connectivity index (χ3n) is 4.01. The van der Waals surface area contributed by atoms with Crippen molar-refractivity contribution >= 4 is 33.5 Å². The molecule has 0 spiro atoms. The van der Waals surface area contributed by atoms with E-state index in [0.29, 0.717) is 10.8 Å². The average molecular weight is 367 g/mol. The molecule has 0 bridgehead atoms. The summed E-state index contributed by atoms with van der Waals surface area (Å²) >= 11 is 7.76. The minimum atomic E-state index is 0.667. The highest BCUT2D eigenvalue weighted by Gasteiger charge is 2.20. The average Bonchev–Trinajstić information content (AvgIpc) is 3.27. The summed E-state index contributed by atoms with van der Waals surface area (Å²) in [6, 6.07) is 13.5. The molecule has 5 aromatic rings. The Labute approximate surface area is 151 Å². The maximum Gasteiger partial charge on any atom is 0.235 e. The van der Waals surface area contributed by atoms with E-state index in [1.54, 1.807) is 4.52 Å². The Morgan fingerprint density at radius 2 is 1.88 bits per heavy atom. The smallest absolute Gasteiger partial charge is 0.235 e. The third-order valence-corrected chi connectivity index (χ3v) is 5.27. The molecule has 6 nitrogen and oxygen atoms in total. The molecule has 0 aliphatic heterocycles. The fourth-order valence-electron chi connectivity index (χ4n) is 2.89. The standard InChI is InChI=1S/C17H11ClN6S/c1-10-14(23-9-5-4-8-13(23)19-10)15-20-21-17-24(15)22-16(25-17)11-6-2-3-7-12(11)18/h2-9H,1H3. The topological polar surface area (TPSA) is 60.4 Å². The van der Waals surface area contributed by atoms with Crippen LogP contribution < -0.4 is 0 Å². The minimum absolute atomic E-state index is 0.667. The molecule has 25 heavy (non-hydrogen) atoms. The van der Waals surface area contributed by atoms with Gasteiger partial charge in [-0.1, -0.05) is 47.2 Å². The normalized spacial score (nSPS) is 11.6. The van der Waals surface area contributed by atoms with Crippen LogP contribution in [0.15, 0.2) is 48.7 Å². The molecule has 5 rings (SSSR count). The highest BCUT2D eigenvalue weighted by Crippen LogP contribution is 2.33. The molecule has 0 radical (unpaired) electrons. The van der Waals surface area contributed by atoms with E-state index in [4.69, 9.17) is 16.7 Å². The lowest BCUT2D eigenvalue weighted by molar-refractivity contribution is 0.954. The highest BCUT2D eigenvalue weighted by molar-refractivity contribution is 7.19. The predicted molar refractivity (Wildman–Crippen MR) is 98.0 cm³/mol. The summed E-state index contributed by atoms with van der Waals surface area (Å²) in [5.74, 6) is 0.667. The maximum absolute atomic E-state index is 6.30. The summed E-state index contributed by atoms with van der Waals surface area (Å²) in [7, 11) is 0. The van der Waals surface area contributed by atoms with Gasteiger partial charge >= 0.3 is 0 Å². The Hall–Kier alpha value is -2.77. The predicted octanol–water partition coefficient (Wildman–Crippen LogP) is 4.13. The van der Waals surface area contributed by atoms with E-state index in [0.717, 1.165) is 32.6 Å². The van der Waals surface area contributed by atoms with Gasteiger partial charge in [-0.25, -0.2) is 4.98 Å². The molecule has 0 unspecified atom stereocenters. The summed E-state index contributed by atoms with van der Waals surface area (Å²) in [6.07, 6.45) is 1.97. The number of imidazole rings is 1. The molecule has 0 atom stereocenters.